The van der Waals surface area contributed by atoms with Crippen LogP contribution in [-0.2, 0) is 31.4 Å². The number of hydrogen-bond donors (Lipinski definition) is 2. The highest BCUT2D eigenvalue weighted by Crippen LogP contribution is 2.30. The summed E-state index contributed by atoms with van der Waals surface area (Å²) in [4.78, 5) is 14.8. The summed E-state index contributed by atoms with van der Waals surface area (Å²) in [5.74, 6) is 0.710. The number of piperazine rings is 1. The van der Waals surface area contributed by atoms with Gasteiger partial charge in [-0.05, 0) is 17.2 Å². The molecule has 0 aliphatic carbocycles. The van der Waals surface area contributed by atoms with E-state index in [2.05, 4.69) is 4.90 Å². The zero-order chi connectivity index (χ0) is 20.5. The minimum atomic E-state index is -1.93. The van der Waals surface area contributed by atoms with Gasteiger partial charge in [-0.1, -0.05) is 24.3 Å². The van der Waals surface area contributed by atoms with Crippen molar-refractivity contribution in [1.82, 2.24) is 13.8 Å². The van der Waals surface area contributed by atoms with Gasteiger partial charge in [0.1, 0.15) is 11.3 Å². The summed E-state index contributed by atoms with van der Waals surface area (Å²) in [6, 6.07) is 9.73. The lowest BCUT2D eigenvalue weighted by molar-refractivity contribution is 0.171. The fraction of sp³-hybridized carbons (Fsp3) is 0.350. The van der Waals surface area contributed by atoms with E-state index in [1.54, 1.807) is 17.8 Å². The third kappa shape index (κ3) is 4.05. The predicted molar refractivity (Wildman–Crippen MR) is 112 cm³/mol. The van der Waals surface area contributed by atoms with Gasteiger partial charge in [0, 0.05) is 51.5 Å². The van der Waals surface area contributed by atoms with Crippen molar-refractivity contribution in [2.24, 2.45) is 12.8 Å². The maximum absolute atomic E-state index is 12.6. The topological polar surface area (TPSA) is 105 Å². The van der Waals surface area contributed by atoms with E-state index in [0.29, 0.717) is 56.0 Å². The summed E-state index contributed by atoms with van der Waals surface area (Å²) in [5.41, 5.74) is 9.03. The van der Waals surface area contributed by atoms with Crippen molar-refractivity contribution in [1.29, 1.82) is 0 Å². The molecule has 0 bridgehead atoms. The molecule has 1 aromatic carbocycles. The van der Waals surface area contributed by atoms with Crippen LogP contribution < -0.4 is 11.3 Å². The van der Waals surface area contributed by atoms with Crippen molar-refractivity contribution >= 4 is 22.2 Å². The molecule has 1 aliphatic rings. The highest BCUT2D eigenvalue weighted by molar-refractivity contribution is 7.76. The summed E-state index contributed by atoms with van der Waals surface area (Å²) in [6.45, 7) is 3.39. The SMILES string of the molecule is Cn1cc(-c2ccc(CN)cc2)c2oc(CN3CCN(S(=O)O)CC3)cc2c1=O. The number of nitrogens with zero attached hydrogens (tertiary/aromatic N) is 3. The van der Waals surface area contributed by atoms with Crippen LogP contribution in [0.5, 0.6) is 0 Å². The van der Waals surface area contributed by atoms with Gasteiger partial charge in [0.25, 0.3) is 5.56 Å². The molecule has 4 rings (SSSR count). The first-order valence-corrected chi connectivity index (χ1v) is 10.5. The fourth-order valence-corrected chi connectivity index (χ4v) is 4.15. The predicted octanol–water partition coefficient (Wildman–Crippen LogP) is 1.51. The van der Waals surface area contributed by atoms with Gasteiger partial charge in [-0.2, -0.15) is 4.31 Å². The van der Waals surface area contributed by atoms with Crippen LogP contribution in [-0.4, -0.2) is 48.7 Å². The molecule has 8 nitrogen and oxygen atoms in total. The molecule has 9 heteroatoms. The van der Waals surface area contributed by atoms with Crippen LogP contribution >= 0.6 is 0 Å². The second kappa shape index (κ2) is 8.21. The van der Waals surface area contributed by atoms with Crippen LogP contribution in [0, 0.1) is 0 Å². The second-order valence-corrected chi connectivity index (χ2v) is 8.23. The minimum absolute atomic E-state index is 0.0992. The molecular weight excluding hydrogens is 392 g/mol. The van der Waals surface area contributed by atoms with Crippen molar-refractivity contribution in [3.63, 3.8) is 0 Å². The molecule has 1 unspecified atom stereocenters. The van der Waals surface area contributed by atoms with Crippen molar-refractivity contribution < 1.29 is 13.2 Å². The number of fused-ring (bicyclic) bond motifs is 1. The largest absolute Gasteiger partial charge is 0.459 e. The summed E-state index contributed by atoms with van der Waals surface area (Å²) < 4.78 is 29.6. The summed E-state index contributed by atoms with van der Waals surface area (Å²) in [5, 5.41) is 0.554. The summed E-state index contributed by atoms with van der Waals surface area (Å²) in [7, 11) is 1.74. The Kier molecular flexibility index (Phi) is 5.66. The van der Waals surface area contributed by atoms with Crippen LogP contribution in [0.15, 0.2) is 45.7 Å². The Morgan fingerprint density at radius 1 is 1.17 bits per heavy atom. The molecule has 2 aromatic heterocycles. The standard InChI is InChI=1S/C20H24N4O4S/c1-22-13-18(15-4-2-14(11-21)3-5-15)19-17(20(22)25)10-16(28-19)12-23-6-8-24(9-7-23)29(26)27/h2-5,10,13H,6-9,11-12,21H2,1H3,(H,26,27). The molecule has 0 radical (unpaired) electrons. The number of aryl methyl sites for hydroxylation is 1. The van der Waals surface area contributed by atoms with Crippen molar-refractivity contribution in [2.75, 3.05) is 26.2 Å². The Bertz CT molecular complexity index is 1100. The molecule has 1 aliphatic heterocycles. The van der Waals surface area contributed by atoms with Gasteiger partial charge < -0.3 is 14.7 Å². The Labute approximate surface area is 170 Å². The maximum atomic E-state index is 12.6. The molecule has 3 heterocycles. The van der Waals surface area contributed by atoms with Crippen molar-refractivity contribution in [3.05, 3.63) is 58.2 Å². The number of benzene rings is 1. The number of furan rings is 1. The van der Waals surface area contributed by atoms with E-state index in [1.165, 1.54) is 4.31 Å². The third-order valence-electron chi connectivity index (χ3n) is 5.33. The minimum Gasteiger partial charge on any atom is -0.459 e. The zero-order valence-electron chi connectivity index (χ0n) is 16.2. The lowest BCUT2D eigenvalue weighted by atomic mass is 10.0. The lowest BCUT2D eigenvalue weighted by Gasteiger charge is -2.31. The monoisotopic (exact) mass is 416 g/mol. The van der Waals surface area contributed by atoms with Crippen LogP contribution in [0.1, 0.15) is 11.3 Å². The lowest BCUT2D eigenvalue weighted by Crippen LogP contribution is -2.46. The fourth-order valence-electron chi connectivity index (χ4n) is 3.67. The molecule has 0 amide bonds. The van der Waals surface area contributed by atoms with E-state index in [4.69, 9.17) is 10.2 Å². The van der Waals surface area contributed by atoms with Gasteiger partial charge >= 0.3 is 0 Å². The first kappa shape index (κ1) is 20.0. The highest BCUT2D eigenvalue weighted by Gasteiger charge is 2.22. The van der Waals surface area contributed by atoms with E-state index in [1.807, 2.05) is 30.3 Å². The quantitative estimate of drug-likeness (QED) is 0.611. The Morgan fingerprint density at radius 3 is 2.48 bits per heavy atom. The normalized spacial score (nSPS) is 17.1. The van der Waals surface area contributed by atoms with Gasteiger partial charge in [0.15, 0.2) is 0 Å². The zero-order valence-corrected chi connectivity index (χ0v) is 17.0. The number of nitrogens with two attached hydrogens (primary N) is 1. The Hall–Kier alpha value is -2.30. The first-order valence-electron chi connectivity index (χ1n) is 9.46. The second-order valence-electron chi connectivity index (χ2n) is 7.25. The molecule has 1 saturated heterocycles. The van der Waals surface area contributed by atoms with Gasteiger partial charge in [-0.3, -0.25) is 14.2 Å². The Balaban J connectivity index is 1.65. The smallest absolute Gasteiger partial charge is 0.261 e. The van der Waals surface area contributed by atoms with E-state index >= 15 is 0 Å². The molecule has 0 spiro atoms. The van der Waals surface area contributed by atoms with Gasteiger partial charge in [-0.25, -0.2) is 4.21 Å². The van der Waals surface area contributed by atoms with E-state index in [0.717, 1.165) is 16.7 Å². The van der Waals surface area contributed by atoms with Crippen LogP contribution in [0.2, 0.25) is 0 Å². The van der Waals surface area contributed by atoms with Crippen LogP contribution in [0.25, 0.3) is 22.1 Å². The van der Waals surface area contributed by atoms with Crippen LogP contribution in [0.4, 0.5) is 0 Å². The Morgan fingerprint density at radius 2 is 1.86 bits per heavy atom. The molecular formula is C20H24N4O4S. The van der Waals surface area contributed by atoms with Gasteiger partial charge in [0.05, 0.1) is 11.9 Å². The third-order valence-corrected chi connectivity index (χ3v) is 6.14. The molecule has 1 fully saturated rings. The number of rotatable bonds is 5. The maximum Gasteiger partial charge on any atom is 0.261 e. The van der Waals surface area contributed by atoms with E-state index < -0.39 is 11.3 Å². The molecule has 0 saturated carbocycles. The molecule has 1 atom stereocenters. The molecule has 29 heavy (non-hydrogen) atoms. The van der Waals surface area contributed by atoms with E-state index in [-0.39, 0.29) is 5.56 Å². The average molecular weight is 417 g/mol. The summed E-state index contributed by atoms with van der Waals surface area (Å²) in [6.07, 6.45) is 1.80. The van der Waals surface area contributed by atoms with Crippen molar-refractivity contribution in [2.45, 2.75) is 13.1 Å². The van der Waals surface area contributed by atoms with Gasteiger partial charge in [-0.15, -0.1) is 0 Å². The molecule has 154 valence electrons. The van der Waals surface area contributed by atoms with Gasteiger partial charge in [0.2, 0.25) is 11.3 Å². The molecule has 3 N–H and O–H groups in total. The average Bonchev–Trinajstić information content (AvgIpc) is 3.15. The van der Waals surface area contributed by atoms with Crippen molar-refractivity contribution in [3.8, 4) is 11.1 Å². The number of aromatic nitrogens is 1. The summed E-state index contributed by atoms with van der Waals surface area (Å²) >= 11 is -1.93. The van der Waals surface area contributed by atoms with Crippen LogP contribution in [0.3, 0.4) is 0 Å². The van der Waals surface area contributed by atoms with E-state index in [9.17, 15) is 13.6 Å². The highest BCUT2D eigenvalue weighted by atomic mass is 32.2. The molecule has 3 aromatic rings. The first-order chi connectivity index (χ1) is 14.0. The number of pyridine rings is 1. The number of hydrogen-bond acceptors (Lipinski definition) is 5.